The van der Waals surface area contributed by atoms with E-state index in [0.717, 1.165) is 22.6 Å². The highest BCUT2D eigenvalue weighted by Gasteiger charge is 2.13. The van der Waals surface area contributed by atoms with Crippen molar-refractivity contribution in [2.45, 2.75) is 6.04 Å². The highest BCUT2D eigenvalue weighted by atomic mass is 16.5. The van der Waals surface area contributed by atoms with Gasteiger partial charge in [-0.2, -0.15) is 0 Å². The Kier molecular flexibility index (Phi) is 5.17. The molecule has 2 nitrogen and oxygen atoms in total. The summed E-state index contributed by atoms with van der Waals surface area (Å²) < 4.78 is 5.51. The van der Waals surface area contributed by atoms with Crippen molar-refractivity contribution in [2.75, 3.05) is 12.4 Å². The number of hydrogen-bond donors (Lipinski definition) is 1. The van der Waals surface area contributed by atoms with Crippen LogP contribution in [0.25, 0.3) is 0 Å². The lowest BCUT2D eigenvalue weighted by Crippen LogP contribution is -2.10. The quantitative estimate of drug-likeness (QED) is 0.692. The molecule has 0 fully saturated rings. The first-order chi connectivity index (χ1) is 11.9. The Hall–Kier alpha value is -3.18. The molecule has 0 aliphatic heterocycles. The maximum Gasteiger partial charge on any atom is 0.125 e. The SMILES string of the molecule is COc1ccccc1C(C#Cc1ccccc1)Nc1ccccc1. The minimum absolute atomic E-state index is 0.163. The minimum Gasteiger partial charge on any atom is -0.496 e. The molecular formula is C22H19NO. The van der Waals surface area contributed by atoms with Gasteiger partial charge >= 0.3 is 0 Å². The summed E-state index contributed by atoms with van der Waals surface area (Å²) >= 11 is 0. The first-order valence-corrected chi connectivity index (χ1v) is 7.88. The molecular weight excluding hydrogens is 294 g/mol. The van der Waals surface area contributed by atoms with Gasteiger partial charge in [0.05, 0.1) is 7.11 Å². The highest BCUT2D eigenvalue weighted by molar-refractivity contribution is 5.52. The molecule has 2 heteroatoms. The molecule has 0 aliphatic carbocycles. The average Bonchev–Trinajstić information content (AvgIpc) is 2.67. The van der Waals surface area contributed by atoms with Crippen LogP contribution < -0.4 is 10.1 Å². The molecule has 118 valence electrons. The molecule has 0 bridgehead atoms. The molecule has 1 unspecified atom stereocenters. The van der Waals surface area contributed by atoms with E-state index in [0.29, 0.717) is 0 Å². The summed E-state index contributed by atoms with van der Waals surface area (Å²) in [5, 5.41) is 3.49. The van der Waals surface area contributed by atoms with Gasteiger partial charge in [-0.05, 0) is 30.3 Å². The number of anilines is 1. The molecule has 3 rings (SSSR count). The summed E-state index contributed by atoms with van der Waals surface area (Å²) in [4.78, 5) is 0. The van der Waals surface area contributed by atoms with Crippen molar-refractivity contribution in [3.63, 3.8) is 0 Å². The predicted octanol–water partition coefficient (Wildman–Crippen LogP) is 4.90. The molecule has 3 aromatic carbocycles. The van der Waals surface area contributed by atoms with E-state index in [-0.39, 0.29) is 6.04 Å². The number of hydrogen-bond acceptors (Lipinski definition) is 2. The van der Waals surface area contributed by atoms with E-state index in [1.165, 1.54) is 0 Å². The Morgan fingerprint density at radius 2 is 1.42 bits per heavy atom. The number of para-hydroxylation sites is 2. The Balaban J connectivity index is 1.96. The van der Waals surface area contributed by atoms with Crippen molar-refractivity contribution in [3.8, 4) is 17.6 Å². The molecule has 0 amide bonds. The predicted molar refractivity (Wildman–Crippen MR) is 99.1 cm³/mol. The van der Waals surface area contributed by atoms with Crippen LogP contribution in [0.1, 0.15) is 17.2 Å². The Bertz CT molecular complexity index is 832. The molecule has 1 N–H and O–H groups in total. The van der Waals surface area contributed by atoms with Crippen molar-refractivity contribution < 1.29 is 4.74 Å². The Morgan fingerprint density at radius 1 is 0.792 bits per heavy atom. The second kappa shape index (κ2) is 7.89. The number of rotatable bonds is 4. The van der Waals surface area contributed by atoms with Gasteiger partial charge in [-0.15, -0.1) is 0 Å². The third-order valence-electron chi connectivity index (χ3n) is 3.67. The van der Waals surface area contributed by atoms with E-state index in [1.807, 2.05) is 84.9 Å². The number of benzene rings is 3. The largest absolute Gasteiger partial charge is 0.496 e. The van der Waals surface area contributed by atoms with Crippen molar-refractivity contribution >= 4 is 5.69 Å². The number of methoxy groups -OCH3 is 1. The van der Waals surface area contributed by atoms with E-state index < -0.39 is 0 Å². The van der Waals surface area contributed by atoms with E-state index in [2.05, 4.69) is 17.2 Å². The Labute approximate surface area is 143 Å². The molecule has 0 aliphatic rings. The molecule has 1 atom stereocenters. The lowest BCUT2D eigenvalue weighted by molar-refractivity contribution is 0.409. The fraction of sp³-hybridized carbons (Fsp3) is 0.0909. The van der Waals surface area contributed by atoms with Crippen LogP contribution in [0.5, 0.6) is 5.75 Å². The zero-order valence-corrected chi connectivity index (χ0v) is 13.6. The smallest absolute Gasteiger partial charge is 0.125 e. The summed E-state index contributed by atoms with van der Waals surface area (Å²) in [5.74, 6) is 7.41. The van der Waals surface area contributed by atoms with E-state index in [1.54, 1.807) is 7.11 Å². The standard InChI is InChI=1S/C22H19NO/c1-24-22-15-9-8-14-20(22)21(23-19-12-6-3-7-13-19)17-16-18-10-4-2-5-11-18/h2-15,21,23H,1H3. The van der Waals surface area contributed by atoms with Crippen LogP contribution in [0.3, 0.4) is 0 Å². The van der Waals surface area contributed by atoms with E-state index in [4.69, 9.17) is 4.74 Å². The zero-order valence-electron chi connectivity index (χ0n) is 13.6. The van der Waals surface area contributed by atoms with Gasteiger partial charge in [0.2, 0.25) is 0 Å². The van der Waals surface area contributed by atoms with Gasteiger partial charge in [0.15, 0.2) is 0 Å². The monoisotopic (exact) mass is 313 g/mol. The van der Waals surface area contributed by atoms with Crippen LogP contribution in [0.2, 0.25) is 0 Å². The van der Waals surface area contributed by atoms with Gasteiger partial charge in [-0.1, -0.05) is 66.4 Å². The van der Waals surface area contributed by atoms with Crippen LogP contribution in [0, 0.1) is 11.8 Å². The van der Waals surface area contributed by atoms with E-state index in [9.17, 15) is 0 Å². The van der Waals surface area contributed by atoms with Crippen LogP contribution in [-0.2, 0) is 0 Å². The zero-order chi connectivity index (χ0) is 16.6. The summed E-state index contributed by atoms with van der Waals surface area (Å²) in [5.41, 5.74) is 3.04. The first kappa shape index (κ1) is 15.7. The molecule has 3 aromatic rings. The maximum absolute atomic E-state index is 5.51. The minimum atomic E-state index is -0.163. The third-order valence-corrected chi connectivity index (χ3v) is 3.67. The molecule has 24 heavy (non-hydrogen) atoms. The number of ether oxygens (including phenoxy) is 1. The van der Waals surface area contributed by atoms with Gasteiger partial charge in [0.25, 0.3) is 0 Å². The van der Waals surface area contributed by atoms with Gasteiger partial charge < -0.3 is 10.1 Å². The van der Waals surface area contributed by atoms with Crippen molar-refractivity contribution in [2.24, 2.45) is 0 Å². The maximum atomic E-state index is 5.51. The van der Waals surface area contributed by atoms with Crippen LogP contribution in [0.15, 0.2) is 84.9 Å². The Morgan fingerprint density at radius 3 is 2.12 bits per heavy atom. The number of nitrogens with one attached hydrogen (secondary N) is 1. The summed E-state index contributed by atoms with van der Waals surface area (Å²) in [6, 6.07) is 27.9. The van der Waals surface area contributed by atoms with Gasteiger partial charge in [-0.25, -0.2) is 0 Å². The van der Waals surface area contributed by atoms with Crippen LogP contribution >= 0.6 is 0 Å². The van der Waals surface area contributed by atoms with Gasteiger partial charge in [-0.3, -0.25) is 0 Å². The van der Waals surface area contributed by atoms with Crippen LogP contribution in [-0.4, -0.2) is 7.11 Å². The normalized spacial score (nSPS) is 11.0. The fourth-order valence-corrected chi connectivity index (χ4v) is 2.47. The molecule has 0 saturated carbocycles. The van der Waals surface area contributed by atoms with Gasteiger partial charge in [0.1, 0.15) is 11.8 Å². The van der Waals surface area contributed by atoms with Crippen molar-refractivity contribution in [1.29, 1.82) is 0 Å². The second-order valence-corrected chi connectivity index (χ2v) is 5.32. The first-order valence-electron chi connectivity index (χ1n) is 7.88. The lowest BCUT2D eigenvalue weighted by Gasteiger charge is -2.17. The molecule has 0 heterocycles. The second-order valence-electron chi connectivity index (χ2n) is 5.32. The summed E-state index contributed by atoms with van der Waals surface area (Å²) in [6.07, 6.45) is 0. The van der Waals surface area contributed by atoms with Crippen LogP contribution in [0.4, 0.5) is 5.69 Å². The third kappa shape index (κ3) is 3.97. The van der Waals surface area contributed by atoms with Gasteiger partial charge in [0, 0.05) is 16.8 Å². The molecule has 0 radical (unpaired) electrons. The fourth-order valence-electron chi connectivity index (χ4n) is 2.47. The molecule has 0 saturated heterocycles. The van der Waals surface area contributed by atoms with Crippen molar-refractivity contribution in [1.82, 2.24) is 0 Å². The molecule has 0 spiro atoms. The summed E-state index contributed by atoms with van der Waals surface area (Å²) in [7, 11) is 1.68. The molecule has 0 aromatic heterocycles. The van der Waals surface area contributed by atoms with E-state index >= 15 is 0 Å². The lowest BCUT2D eigenvalue weighted by atomic mass is 10.0. The average molecular weight is 313 g/mol. The summed E-state index contributed by atoms with van der Waals surface area (Å²) in [6.45, 7) is 0. The topological polar surface area (TPSA) is 21.3 Å². The van der Waals surface area contributed by atoms with Crippen molar-refractivity contribution in [3.05, 3.63) is 96.1 Å². The highest BCUT2D eigenvalue weighted by Crippen LogP contribution is 2.27.